The highest BCUT2D eigenvalue weighted by molar-refractivity contribution is 7.14. The lowest BCUT2D eigenvalue weighted by atomic mass is 10.0. The molecule has 2 aromatic carbocycles. The molecule has 0 amide bonds. The number of aromatic nitrogens is 2. The number of fused-ring (bicyclic) bond motifs is 1. The lowest BCUT2D eigenvalue weighted by molar-refractivity contribution is 1.19. The number of hydrogen-bond donors (Lipinski definition) is 1. The highest BCUT2D eigenvalue weighted by atomic mass is 32.1. The van der Waals surface area contributed by atoms with E-state index < -0.39 is 0 Å². The highest BCUT2D eigenvalue weighted by Crippen LogP contribution is 2.31. The molecule has 3 nitrogen and oxygen atoms in total. The molecule has 23 heavy (non-hydrogen) atoms. The molecule has 0 atom stereocenters. The van der Waals surface area contributed by atoms with E-state index in [0.29, 0.717) is 0 Å². The van der Waals surface area contributed by atoms with E-state index in [1.54, 1.807) is 11.3 Å². The number of benzene rings is 2. The van der Waals surface area contributed by atoms with Gasteiger partial charge in [0.15, 0.2) is 5.13 Å². The zero-order chi connectivity index (χ0) is 15.6. The van der Waals surface area contributed by atoms with Crippen LogP contribution >= 0.6 is 11.3 Å². The van der Waals surface area contributed by atoms with Crippen molar-refractivity contribution in [1.82, 2.24) is 9.97 Å². The van der Waals surface area contributed by atoms with Crippen LogP contribution in [0.3, 0.4) is 0 Å². The van der Waals surface area contributed by atoms with Gasteiger partial charge < -0.3 is 5.32 Å². The maximum atomic E-state index is 4.72. The van der Waals surface area contributed by atoms with Crippen LogP contribution in [-0.2, 0) is 0 Å². The summed E-state index contributed by atoms with van der Waals surface area (Å²) < 4.78 is 0. The average molecular weight is 317 g/mol. The molecule has 4 rings (SSSR count). The molecule has 0 spiro atoms. The fourth-order valence-corrected chi connectivity index (χ4v) is 3.34. The molecule has 0 aliphatic heterocycles. The van der Waals surface area contributed by atoms with E-state index in [4.69, 9.17) is 4.98 Å². The Labute approximate surface area is 138 Å². The third-order valence-corrected chi connectivity index (χ3v) is 4.45. The summed E-state index contributed by atoms with van der Waals surface area (Å²) in [5, 5.41) is 8.67. The summed E-state index contributed by atoms with van der Waals surface area (Å²) in [7, 11) is 0. The first kappa shape index (κ1) is 13.9. The summed E-state index contributed by atoms with van der Waals surface area (Å²) in [6.07, 6.45) is 0. The molecule has 1 N–H and O–H groups in total. The number of hydrogen-bond acceptors (Lipinski definition) is 4. The van der Waals surface area contributed by atoms with Gasteiger partial charge in [-0.2, -0.15) is 0 Å². The van der Waals surface area contributed by atoms with E-state index in [1.807, 2.05) is 25.1 Å². The van der Waals surface area contributed by atoms with Crippen LogP contribution in [0.5, 0.6) is 0 Å². The molecule has 0 saturated carbocycles. The Kier molecular flexibility index (Phi) is 3.52. The molecule has 0 saturated heterocycles. The van der Waals surface area contributed by atoms with Crippen molar-refractivity contribution >= 4 is 33.1 Å². The third-order valence-electron chi connectivity index (χ3n) is 3.69. The van der Waals surface area contributed by atoms with Crippen molar-refractivity contribution in [2.45, 2.75) is 6.92 Å². The van der Waals surface area contributed by atoms with Crippen LogP contribution in [0.4, 0.5) is 10.9 Å². The van der Waals surface area contributed by atoms with Crippen LogP contribution in [-0.4, -0.2) is 9.97 Å². The Morgan fingerprint density at radius 3 is 2.61 bits per heavy atom. The van der Waals surface area contributed by atoms with Crippen molar-refractivity contribution < 1.29 is 0 Å². The Balaban J connectivity index is 1.70. The van der Waals surface area contributed by atoms with Gasteiger partial charge in [-0.05, 0) is 29.8 Å². The first-order valence-corrected chi connectivity index (χ1v) is 8.32. The molecular weight excluding hydrogens is 302 g/mol. The molecule has 0 aliphatic carbocycles. The topological polar surface area (TPSA) is 37.8 Å². The molecule has 2 aromatic heterocycles. The SMILES string of the molecule is Cc1cccc(Nc2nc(-c3cccc4ccccc34)cs2)n1. The zero-order valence-corrected chi connectivity index (χ0v) is 13.5. The number of thiazole rings is 1. The second-order valence-electron chi connectivity index (χ2n) is 5.35. The van der Waals surface area contributed by atoms with Crippen LogP contribution in [0, 0.1) is 6.92 Å². The molecule has 0 radical (unpaired) electrons. The van der Waals surface area contributed by atoms with E-state index >= 15 is 0 Å². The van der Waals surface area contributed by atoms with Gasteiger partial charge in [-0.1, -0.05) is 48.5 Å². The van der Waals surface area contributed by atoms with E-state index in [-0.39, 0.29) is 0 Å². The van der Waals surface area contributed by atoms with Crippen LogP contribution in [0.2, 0.25) is 0 Å². The molecule has 0 fully saturated rings. The van der Waals surface area contributed by atoms with Crippen LogP contribution < -0.4 is 5.32 Å². The number of nitrogens with one attached hydrogen (secondary N) is 1. The normalized spacial score (nSPS) is 10.8. The molecule has 4 heteroatoms. The molecule has 4 aromatic rings. The minimum Gasteiger partial charge on any atom is -0.316 e. The van der Waals surface area contributed by atoms with Gasteiger partial charge in [0.1, 0.15) is 5.82 Å². The predicted octanol–water partition coefficient (Wildman–Crippen LogP) is 5.41. The molecule has 0 unspecified atom stereocenters. The lowest BCUT2D eigenvalue weighted by Gasteiger charge is -2.04. The van der Waals surface area contributed by atoms with Crippen molar-refractivity contribution in [3.05, 3.63) is 71.7 Å². The number of aryl methyl sites for hydroxylation is 1. The number of anilines is 2. The summed E-state index contributed by atoms with van der Waals surface area (Å²) in [6, 6.07) is 20.6. The predicted molar refractivity (Wildman–Crippen MR) is 97.3 cm³/mol. The second kappa shape index (κ2) is 5.82. The van der Waals surface area contributed by atoms with Gasteiger partial charge in [-0.15, -0.1) is 11.3 Å². The first-order chi connectivity index (χ1) is 11.3. The second-order valence-corrected chi connectivity index (χ2v) is 6.21. The van der Waals surface area contributed by atoms with E-state index in [2.05, 4.69) is 58.1 Å². The number of rotatable bonds is 3. The minimum atomic E-state index is 0.823. The summed E-state index contributed by atoms with van der Waals surface area (Å²) in [4.78, 5) is 9.18. The molecule has 112 valence electrons. The monoisotopic (exact) mass is 317 g/mol. The number of nitrogens with zero attached hydrogens (tertiary/aromatic N) is 2. The Morgan fingerprint density at radius 2 is 1.70 bits per heavy atom. The van der Waals surface area contributed by atoms with E-state index in [1.165, 1.54) is 10.8 Å². The van der Waals surface area contributed by atoms with Crippen LogP contribution in [0.25, 0.3) is 22.0 Å². The fraction of sp³-hybridized carbons (Fsp3) is 0.0526. The highest BCUT2D eigenvalue weighted by Gasteiger charge is 2.08. The largest absolute Gasteiger partial charge is 0.316 e. The molecule has 2 heterocycles. The lowest BCUT2D eigenvalue weighted by Crippen LogP contribution is -1.93. The van der Waals surface area contributed by atoms with Gasteiger partial charge in [-0.3, -0.25) is 0 Å². The van der Waals surface area contributed by atoms with Crippen LogP contribution in [0.1, 0.15) is 5.69 Å². The van der Waals surface area contributed by atoms with Gasteiger partial charge in [0.2, 0.25) is 0 Å². The van der Waals surface area contributed by atoms with E-state index in [9.17, 15) is 0 Å². The quantitative estimate of drug-likeness (QED) is 0.549. The van der Waals surface area contributed by atoms with Crippen molar-refractivity contribution in [1.29, 1.82) is 0 Å². The maximum Gasteiger partial charge on any atom is 0.188 e. The van der Waals surface area contributed by atoms with Crippen LogP contribution in [0.15, 0.2) is 66.0 Å². The standard InChI is InChI=1S/C19H15N3S/c1-13-6-4-11-18(20-13)22-19-21-17(12-23-19)16-10-5-8-14-7-2-3-9-15(14)16/h2-12H,1H3,(H,20,21,22). The fourth-order valence-electron chi connectivity index (χ4n) is 2.63. The summed E-state index contributed by atoms with van der Waals surface area (Å²) in [5.74, 6) is 0.823. The van der Waals surface area contributed by atoms with Gasteiger partial charge in [0.05, 0.1) is 5.69 Å². The maximum absolute atomic E-state index is 4.72. The Bertz CT molecular complexity index is 970. The molecule has 0 aliphatic rings. The van der Waals surface area contributed by atoms with Crippen molar-refractivity contribution in [2.24, 2.45) is 0 Å². The Morgan fingerprint density at radius 1 is 0.870 bits per heavy atom. The summed E-state index contributed by atoms with van der Waals surface area (Å²) >= 11 is 1.59. The average Bonchev–Trinajstić information content (AvgIpc) is 3.02. The summed E-state index contributed by atoms with van der Waals surface area (Å²) in [5.41, 5.74) is 3.13. The van der Waals surface area contributed by atoms with Gasteiger partial charge in [-0.25, -0.2) is 9.97 Å². The molecular formula is C19H15N3S. The smallest absolute Gasteiger partial charge is 0.188 e. The third kappa shape index (κ3) is 2.81. The minimum absolute atomic E-state index is 0.823. The molecule has 0 bridgehead atoms. The van der Waals surface area contributed by atoms with Crippen molar-refractivity contribution in [3.8, 4) is 11.3 Å². The van der Waals surface area contributed by atoms with Gasteiger partial charge >= 0.3 is 0 Å². The Hall–Kier alpha value is -2.72. The zero-order valence-electron chi connectivity index (χ0n) is 12.7. The van der Waals surface area contributed by atoms with Gasteiger partial charge in [0, 0.05) is 16.6 Å². The van der Waals surface area contributed by atoms with E-state index in [0.717, 1.165) is 27.9 Å². The first-order valence-electron chi connectivity index (χ1n) is 7.44. The van der Waals surface area contributed by atoms with Crippen molar-refractivity contribution in [2.75, 3.05) is 5.32 Å². The summed E-state index contributed by atoms with van der Waals surface area (Å²) in [6.45, 7) is 1.98. The van der Waals surface area contributed by atoms with Crippen molar-refractivity contribution in [3.63, 3.8) is 0 Å². The van der Waals surface area contributed by atoms with Gasteiger partial charge in [0.25, 0.3) is 0 Å². The number of pyridine rings is 1.